The molecule has 1 fully saturated rings. The van der Waals surface area contributed by atoms with Gasteiger partial charge in [-0.3, -0.25) is 0 Å². The van der Waals surface area contributed by atoms with Crippen molar-refractivity contribution in [1.29, 1.82) is 0 Å². The molecule has 0 aromatic carbocycles. The van der Waals surface area contributed by atoms with Gasteiger partial charge in [0, 0.05) is 6.07 Å². The Morgan fingerprint density at radius 1 is 1.25 bits per heavy atom. The predicted molar refractivity (Wildman–Crippen MR) is 62.6 cm³/mol. The van der Waals surface area contributed by atoms with Crippen molar-refractivity contribution in [3.8, 4) is 0 Å². The number of carboxylic acids is 1. The van der Waals surface area contributed by atoms with E-state index in [2.05, 4.69) is 0 Å². The van der Waals surface area contributed by atoms with Crippen molar-refractivity contribution in [1.82, 2.24) is 0 Å². The van der Waals surface area contributed by atoms with E-state index in [0.29, 0.717) is 0 Å². The molecule has 5 atom stereocenters. The summed E-state index contributed by atoms with van der Waals surface area (Å²) in [4.78, 5) is 10.9. The van der Waals surface area contributed by atoms with E-state index in [1.165, 1.54) is 29.1 Å². The third kappa shape index (κ3) is 2.65. The van der Waals surface area contributed by atoms with Gasteiger partial charge in [0.15, 0.2) is 18.5 Å². The Bertz CT molecular complexity index is 492. The first-order chi connectivity index (χ1) is 9.45. The van der Waals surface area contributed by atoms with E-state index in [1.807, 2.05) is 0 Å². The fourth-order valence-corrected chi connectivity index (χ4v) is 2.11. The van der Waals surface area contributed by atoms with Crippen LogP contribution >= 0.6 is 0 Å². The highest BCUT2D eigenvalue weighted by atomic mass is 16.6. The second-order valence-electron chi connectivity index (χ2n) is 4.56. The summed E-state index contributed by atoms with van der Waals surface area (Å²) in [5, 5.41) is 47.3. The third-order valence-electron chi connectivity index (χ3n) is 3.23. The molecule has 1 aromatic rings. The standard InChI is InChI=1S/C12H15NO7/c14-5-7-8(15)9(16)10(17)11(20-7)13-3-1-2-6(4-13)12(18)19/h1-4,7-11,14-17H,5H2/p+1. The number of aromatic nitrogens is 1. The van der Waals surface area contributed by atoms with E-state index in [4.69, 9.17) is 14.9 Å². The van der Waals surface area contributed by atoms with Gasteiger partial charge in [-0.25, -0.2) is 4.79 Å². The Balaban J connectivity index is 2.31. The molecule has 8 nitrogen and oxygen atoms in total. The van der Waals surface area contributed by atoms with Crippen LogP contribution in [0.25, 0.3) is 0 Å². The molecule has 2 rings (SSSR count). The van der Waals surface area contributed by atoms with Crippen LogP contribution in [0.15, 0.2) is 24.5 Å². The molecular weight excluding hydrogens is 270 g/mol. The number of aliphatic hydroxyl groups excluding tert-OH is 4. The quantitative estimate of drug-likeness (QED) is 0.393. The summed E-state index contributed by atoms with van der Waals surface area (Å²) in [5.41, 5.74) is -0.0236. The van der Waals surface area contributed by atoms with Gasteiger partial charge in [-0.1, -0.05) is 0 Å². The number of carboxylic acid groups (broad SMARTS) is 1. The maximum absolute atomic E-state index is 10.9. The van der Waals surface area contributed by atoms with E-state index in [0.717, 1.165) is 0 Å². The molecule has 8 heteroatoms. The van der Waals surface area contributed by atoms with Crippen LogP contribution in [0.4, 0.5) is 0 Å². The summed E-state index contributed by atoms with van der Waals surface area (Å²) >= 11 is 0. The molecular formula is C12H16NO7+. The highest BCUT2D eigenvalue weighted by molar-refractivity contribution is 5.86. The van der Waals surface area contributed by atoms with Crippen LogP contribution in [0, 0.1) is 0 Å². The highest BCUT2D eigenvalue weighted by Crippen LogP contribution is 2.24. The van der Waals surface area contributed by atoms with Crippen molar-refractivity contribution in [2.75, 3.05) is 6.61 Å². The van der Waals surface area contributed by atoms with Crippen molar-refractivity contribution in [3.63, 3.8) is 0 Å². The molecule has 0 amide bonds. The molecule has 0 aliphatic carbocycles. The molecule has 5 N–H and O–H groups in total. The smallest absolute Gasteiger partial charge is 0.341 e. The van der Waals surface area contributed by atoms with Crippen LogP contribution < -0.4 is 4.57 Å². The van der Waals surface area contributed by atoms with Gasteiger partial charge in [0.25, 0.3) is 6.23 Å². The lowest BCUT2D eigenvalue weighted by atomic mass is 9.98. The lowest BCUT2D eigenvalue weighted by Gasteiger charge is -2.36. The average Bonchev–Trinajstić information content (AvgIpc) is 2.45. The monoisotopic (exact) mass is 286 g/mol. The zero-order chi connectivity index (χ0) is 14.9. The molecule has 1 aliphatic heterocycles. The second kappa shape index (κ2) is 5.81. The topological polar surface area (TPSA) is 131 Å². The van der Waals surface area contributed by atoms with Crippen LogP contribution in [0.2, 0.25) is 0 Å². The number of carbonyl (C=O) groups is 1. The SMILES string of the molecule is O=C(O)c1ccc[n+](C2OC(CO)C(O)C(O)C2O)c1. The Hall–Kier alpha value is -1.58. The molecule has 0 radical (unpaired) electrons. The van der Waals surface area contributed by atoms with Gasteiger partial charge in [-0.2, -0.15) is 4.57 Å². The van der Waals surface area contributed by atoms with Crippen LogP contribution in [-0.2, 0) is 4.74 Å². The van der Waals surface area contributed by atoms with E-state index in [1.54, 1.807) is 0 Å². The normalized spacial score (nSPS) is 33.9. The number of ether oxygens (including phenoxy) is 1. The number of pyridine rings is 1. The molecule has 110 valence electrons. The summed E-state index contributed by atoms with van der Waals surface area (Å²) < 4.78 is 6.58. The fraction of sp³-hybridized carbons (Fsp3) is 0.500. The zero-order valence-corrected chi connectivity index (χ0v) is 10.4. The van der Waals surface area contributed by atoms with Crippen molar-refractivity contribution in [3.05, 3.63) is 30.1 Å². The molecule has 1 saturated heterocycles. The van der Waals surface area contributed by atoms with Crippen molar-refractivity contribution in [2.24, 2.45) is 0 Å². The van der Waals surface area contributed by atoms with Crippen molar-refractivity contribution < 1.29 is 39.6 Å². The second-order valence-corrected chi connectivity index (χ2v) is 4.56. The van der Waals surface area contributed by atoms with E-state index < -0.39 is 43.2 Å². The Kier molecular flexibility index (Phi) is 4.31. The first-order valence-corrected chi connectivity index (χ1v) is 6.00. The van der Waals surface area contributed by atoms with Gasteiger partial charge in [0.2, 0.25) is 0 Å². The fourth-order valence-electron chi connectivity index (χ4n) is 2.11. The molecule has 1 aromatic heterocycles. The number of hydrogen-bond donors (Lipinski definition) is 5. The number of hydrogen-bond acceptors (Lipinski definition) is 6. The average molecular weight is 286 g/mol. The van der Waals surface area contributed by atoms with Gasteiger partial charge in [-0.15, -0.1) is 0 Å². The third-order valence-corrected chi connectivity index (χ3v) is 3.23. The van der Waals surface area contributed by atoms with Gasteiger partial charge >= 0.3 is 5.97 Å². The number of rotatable bonds is 3. The zero-order valence-electron chi connectivity index (χ0n) is 10.4. The Labute approximate surface area is 114 Å². The van der Waals surface area contributed by atoms with Crippen LogP contribution in [0.3, 0.4) is 0 Å². The highest BCUT2D eigenvalue weighted by Gasteiger charge is 2.48. The van der Waals surface area contributed by atoms with Gasteiger partial charge in [-0.05, 0) is 6.07 Å². The summed E-state index contributed by atoms with van der Waals surface area (Å²) in [5.74, 6) is -1.15. The number of aromatic carboxylic acids is 1. The summed E-state index contributed by atoms with van der Waals surface area (Å²) in [6.07, 6.45) is -3.87. The lowest BCUT2D eigenvalue weighted by Crippen LogP contribution is -2.62. The van der Waals surface area contributed by atoms with Gasteiger partial charge in [0.1, 0.15) is 23.9 Å². The molecule has 0 saturated carbocycles. The first kappa shape index (κ1) is 14.8. The molecule has 0 bridgehead atoms. The van der Waals surface area contributed by atoms with Crippen LogP contribution in [-0.4, -0.2) is 62.5 Å². The summed E-state index contributed by atoms with van der Waals surface area (Å²) in [6, 6.07) is 2.81. The van der Waals surface area contributed by atoms with E-state index in [-0.39, 0.29) is 5.56 Å². The first-order valence-electron chi connectivity index (χ1n) is 6.00. The van der Waals surface area contributed by atoms with Crippen LogP contribution in [0.5, 0.6) is 0 Å². The molecule has 0 spiro atoms. The number of aliphatic hydroxyl groups is 4. The van der Waals surface area contributed by atoms with Gasteiger partial charge in [0.05, 0.1) is 6.61 Å². The molecule has 2 heterocycles. The van der Waals surface area contributed by atoms with Crippen molar-refractivity contribution >= 4 is 5.97 Å². The Morgan fingerprint density at radius 3 is 2.55 bits per heavy atom. The lowest BCUT2D eigenvalue weighted by molar-refractivity contribution is -0.778. The van der Waals surface area contributed by atoms with E-state index in [9.17, 15) is 20.1 Å². The van der Waals surface area contributed by atoms with Gasteiger partial charge < -0.3 is 30.3 Å². The maximum atomic E-state index is 10.9. The minimum absolute atomic E-state index is 0.0236. The minimum Gasteiger partial charge on any atom is -0.477 e. The summed E-state index contributed by atoms with van der Waals surface area (Å²) in [7, 11) is 0. The molecule has 5 unspecified atom stereocenters. The molecule has 1 aliphatic rings. The van der Waals surface area contributed by atoms with E-state index >= 15 is 0 Å². The Morgan fingerprint density at radius 2 is 1.95 bits per heavy atom. The predicted octanol–water partition coefficient (Wildman–Crippen LogP) is -2.36. The largest absolute Gasteiger partial charge is 0.477 e. The van der Waals surface area contributed by atoms with Crippen LogP contribution in [0.1, 0.15) is 16.6 Å². The maximum Gasteiger partial charge on any atom is 0.341 e. The number of nitrogens with zero attached hydrogens (tertiary/aromatic N) is 1. The van der Waals surface area contributed by atoms with Crippen molar-refractivity contribution in [2.45, 2.75) is 30.6 Å². The molecule has 20 heavy (non-hydrogen) atoms. The summed E-state index contributed by atoms with van der Waals surface area (Å²) in [6.45, 7) is -0.541. The minimum atomic E-state index is -1.51.